The van der Waals surface area contributed by atoms with E-state index in [-0.39, 0.29) is 12.5 Å². The van der Waals surface area contributed by atoms with Crippen molar-refractivity contribution in [2.45, 2.75) is 19.1 Å². The monoisotopic (exact) mass is 339 g/mol. The second-order valence-electron chi connectivity index (χ2n) is 5.66. The van der Waals surface area contributed by atoms with Gasteiger partial charge in [-0.3, -0.25) is 4.79 Å². The highest BCUT2D eigenvalue weighted by Gasteiger charge is 2.30. The highest BCUT2D eigenvalue weighted by atomic mass is 16.5. The van der Waals surface area contributed by atoms with Gasteiger partial charge in [0, 0.05) is 13.0 Å². The number of carbonyl (C=O) groups is 3. The van der Waals surface area contributed by atoms with Crippen LogP contribution in [0, 0.1) is 0 Å². The normalized spacial score (nSPS) is 15.7. The maximum absolute atomic E-state index is 12.3. The van der Waals surface area contributed by atoms with Gasteiger partial charge in [0.05, 0.1) is 18.2 Å². The number of carbonyl (C=O) groups excluding carboxylic acids is 3. The number of nitrogens with one attached hydrogen (secondary N) is 1. The van der Waals surface area contributed by atoms with Crippen molar-refractivity contribution in [2.75, 3.05) is 7.11 Å². The molecule has 1 atom stereocenters. The van der Waals surface area contributed by atoms with E-state index in [1.807, 2.05) is 12.1 Å². The summed E-state index contributed by atoms with van der Waals surface area (Å²) in [6, 6.07) is 13.8. The van der Waals surface area contributed by atoms with Gasteiger partial charge in [0.1, 0.15) is 0 Å². The molecule has 2 aromatic carbocycles. The molecule has 1 aliphatic rings. The van der Waals surface area contributed by atoms with Crippen molar-refractivity contribution in [3.8, 4) is 0 Å². The minimum atomic E-state index is -0.836. The first-order valence-electron chi connectivity index (χ1n) is 7.82. The lowest BCUT2D eigenvalue weighted by atomic mass is 9.98. The Morgan fingerprint density at radius 3 is 2.60 bits per heavy atom. The Hall–Kier alpha value is -3.15. The van der Waals surface area contributed by atoms with E-state index < -0.39 is 18.0 Å². The van der Waals surface area contributed by atoms with Gasteiger partial charge in [-0.15, -0.1) is 0 Å². The Morgan fingerprint density at radius 1 is 1.16 bits per heavy atom. The van der Waals surface area contributed by atoms with E-state index in [9.17, 15) is 14.4 Å². The van der Waals surface area contributed by atoms with Crippen molar-refractivity contribution < 1.29 is 23.9 Å². The van der Waals surface area contributed by atoms with E-state index in [0.29, 0.717) is 17.5 Å². The van der Waals surface area contributed by atoms with Crippen molar-refractivity contribution in [3.05, 3.63) is 70.8 Å². The third-order valence-electron chi connectivity index (χ3n) is 4.03. The van der Waals surface area contributed by atoms with E-state index in [4.69, 9.17) is 4.74 Å². The molecule has 0 fully saturated rings. The Labute approximate surface area is 144 Å². The molecule has 2 aromatic rings. The standard InChI is InChI=1S/C19H17NO5/c1-24-18(22)13-8-6-12(7-9-13)11-20-17(21)16-10-14-4-2-3-5-15(14)19(23)25-16/h2-9,16H,10-11H2,1H3,(H,20,21). The van der Waals surface area contributed by atoms with Crippen LogP contribution in [-0.2, 0) is 27.2 Å². The summed E-state index contributed by atoms with van der Waals surface area (Å²) in [4.78, 5) is 35.6. The quantitative estimate of drug-likeness (QED) is 0.860. The summed E-state index contributed by atoms with van der Waals surface area (Å²) in [6.07, 6.45) is -0.480. The number of amides is 1. The SMILES string of the molecule is COC(=O)c1ccc(CNC(=O)C2Cc3ccccc3C(=O)O2)cc1. The van der Waals surface area contributed by atoms with Gasteiger partial charge >= 0.3 is 11.9 Å². The topological polar surface area (TPSA) is 81.7 Å². The van der Waals surface area contributed by atoms with Gasteiger partial charge in [0.25, 0.3) is 5.91 Å². The Balaban J connectivity index is 1.60. The first-order valence-corrected chi connectivity index (χ1v) is 7.82. The van der Waals surface area contributed by atoms with E-state index >= 15 is 0 Å². The average Bonchev–Trinajstić information content (AvgIpc) is 2.65. The molecule has 0 saturated heterocycles. The molecule has 1 N–H and O–H groups in total. The first kappa shape index (κ1) is 16.7. The predicted molar refractivity (Wildman–Crippen MR) is 89.0 cm³/mol. The van der Waals surface area contributed by atoms with Gasteiger partial charge in [-0.05, 0) is 29.3 Å². The number of hydrogen-bond acceptors (Lipinski definition) is 5. The third-order valence-corrected chi connectivity index (χ3v) is 4.03. The molecular formula is C19H17NO5. The van der Waals surface area contributed by atoms with Crippen LogP contribution in [0.3, 0.4) is 0 Å². The van der Waals surface area contributed by atoms with Gasteiger partial charge in [0.2, 0.25) is 0 Å². The molecule has 0 spiro atoms. The molecule has 1 unspecified atom stereocenters. The summed E-state index contributed by atoms with van der Waals surface area (Å²) in [5.74, 6) is -1.24. The fraction of sp³-hybridized carbons (Fsp3) is 0.211. The lowest BCUT2D eigenvalue weighted by Gasteiger charge is -2.23. The summed E-state index contributed by atoms with van der Waals surface area (Å²) in [6.45, 7) is 0.274. The number of cyclic esters (lactones) is 1. The molecule has 1 heterocycles. The number of rotatable bonds is 4. The maximum atomic E-state index is 12.3. The molecule has 3 rings (SSSR count). The highest BCUT2D eigenvalue weighted by molar-refractivity contribution is 5.95. The highest BCUT2D eigenvalue weighted by Crippen LogP contribution is 2.20. The van der Waals surface area contributed by atoms with Gasteiger partial charge in [-0.2, -0.15) is 0 Å². The smallest absolute Gasteiger partial charge is 0.339 e. The molecule has 6 heteroatoms. The van der Waals surface area contributed by atoms with Crippen molar-refractivity contribution in [1.29, 1.82) is 0 Å². The lowest BCUT2D eigenvalue weighted by molar-refractivity contribution is -0.130. The van der Waals surface area contributed by atoms with Crippen LogP contribution in [0.5, 0.6) is 0 Å². The van der Waals surface area contributed by atoms with Crippen LogP contribution in [-0.4, -0.2) is 31.1 Å². The van der Waals surface area contributed by atoms with Crippen LogP contribution in [0.4, 0.5) is 0 Å². The number of benzene rings is 2. The first-order chi connectivity index (χ1) is 12.1. The zero-order valence-corrected chi connectivity index (χ0v) is 13.7. The Kier molecular flexibility index (Phi) is 4.79. The average molecular weight is 339 g/mol. The van der Waals surface area contributed by atoms with Crippen LogP contribution in [0.2, 0.25) is 0 Å². The number of hydrogen-bond donors (Lipinski definition) is 1. The number of ether oxygens (including phenoxy) is 2. The van der Waals surface area contributed by atoms with Crippen LogP contribution >= 0.6 is 0 Å². The fourth-order valence-electron chi connectivity index (χ4n) is 2.66. The van der Waals surface area contributed by atoms with Crippen LogP contribution < -0.4 is 5.32 Å². The molecular weight excluding hydrogens is 322 g/mol. The van der Waals surface area contributed by atoms with Crippen molar-refractivity contribution in [2.24, 2.45) is 0 Å². The van der Waals surface area contributed by atoms with Crippen LogP contribution in [0.1, 0.15) is 31.8 Å². The van der Waals surface area contributed by atoms with E-state index in [2.05, 4.69) is 10.1 Å². The van der Waals surface area contributed by atoms with E-state index in [1.54, 1.807) is 36.4 Å². The molecule has 0 aliphatic carbocycles. The molecule has 0 radical (unpaired) electrons. The molecule has 128 valence electrons. The van der Waals surface area contributed by atoms with Gasteiger partial charge in [0.15, 0.2) is 6.10 Å². The van der Waals surface area contributed by atoms with Gasteiger partial charge in [-0.25, -0.2) is 9.59 Å². The Morgan fingerprint density at radius 2 is 1.88 bits per heavy atom. The molecule has 0 saturated carbocycles. The molecule has 0 bridgehead atoms. The number of methoxy groups -OCH3 is 1. The van der Waals surface area contributed by atoms with E-state index in [0.717, 1.165) is 11.1 Å². The molecule has 25 heavy (non-hydrogen) atoms. The minimum absolute atomic E-state index is 0.274. The van der Waals surface area contributed by atoms with Gasteiger partial charge < -0.3 is 14.8 Å². The summed E-state index contributed by atoms with van der Waals surface area (Å²) < 4.78 is 9.85. The van der Waals surface area contributed by atoms with Gasteiger partial charge in [-0.1, -0.05) is 30.3 Å². The van der Waals surface area contributed by atoms with Crippen molar-refractivity contribution in [1.82, 2.24) is 5.32 Å². The summed E-state index contributed by atoms with van der Waals surface area (Å²) in [7, 11) is 1.32. The molecule has 1 amide bonds. The van der Waals surface area contributed by atoms with Crippen LogP contribution in [0.25, 0.3) is 0 Å². The number of fused-ring (bicyclic) bond motifs is 1. The molecule has 0 aromatic heterocycles. The second-order valence-corrected chi connectivity index (χ2v) is 5.66. The van der Waals surface area contributed by atoms with Crippen molar-refractivity contribution in [3.63, 3.8) is 0 Å². The van der Waals surface area contributed by atoms with Crippen molar-refractivity contribution >= 4 is 17.8 Å². The maximum Gasteiger partial charge on any atom is 0.339 e. The number of esters is 2. The largest absolute Gasteiger partial charge is 0.465 e. The summed E-state index contributed by atoms with van der Waals surface area (Å²) in [5.41, 5.74) is 2.57. The summed E-state index contributed by atoms with van der Waals surface area (Å²) >= 11 is 0. The minimum Gasteiger partial charge on any atom is -0.465 e. The second kappa shape index (κ2) is 7.17. The fourth-order valence-corrected chi connectivity index (χ4v) is 2.66. The Bertz CT molecular complexity index is 813. The van der Waals surface area contributed by atoms with Crippen LogP contribution in [0.15, 0.2) is 48.5 Å². The lowest BCUT2D eigenvalue weighted by Crippen LogP contribution is -2.41. The molecule has 6 nitrogen and oxygen atoms in total. The molecule has 1 aliphatic heterocycles. The van der Waals surface area contributed by atoms with E-state index in [1.165, 1.54) is 7.11 Å². The third kappa shape index (κ3) is 3.68. The zero-order valence-electron chi connectivity index (χ0n) is 13.7. The predicted octanol–water partition coefficient (Wildman–Crippen LogP) is 1.87. The zero-order chi connectivity index (χ0) is 17.8. The summed E-state index contributed by atoms with van der Waals surface area (Å²) in [5, 5.41) is 2.75.